The summed E-state index contributed by atoms with van der Waals surface area (Å²) in [5.41, 5.74) is 1.65. The van der Waals surface area contributed by atoms with Crippen LogP contribution in [0, 0.1) is 23.7 Å². The first-order valence-electron chi connectivity index (χ1n) is 15.0. The highest BCUT2D eigenvalue weighted by Gasteiger charge is 2.49. The Morgan fingerprint density at radius 1 is 1.02 bits per heavy atom. The van der Waals surface area contributed by atoms with Crippen molar-refractivity contribution in [3.05, 3.63) is 71.8 Å². The Bertz CT molecular complexity index is 1270. The van der Waals surface area contributed by atoms with Crippen molar-refractivity contribution >= 4 is 30.1 Å². The molecule has 0 saturated carbocycles. The summed E-state index contributed by atoms with van der Waals surface area (Å²) in [5, 5.41) is 8.33. The van der Waals surface area contributed by atoms with E-state index in [1.54, 1.807) is 4.90 Å². The van der Waals surface area contributed by atoms with Crippen LogP contribution in [-0.4, -0.2) is 66.2 Å². The summed E-state index contributed by atoms with van der Waals surface area (Å²) in [6.07, 6.45) is 0.934. The molecule has 0 spiro atoms. The number of rotatable bonds is 12. The van der Waals surface area contributed by atoms with E-state index in [-0.39, 0.29) is 49.0 Å². The number of carbonyl (C=O) groups is 5. The van der Waals surface area contributed by atoms with Crippen molar-refractivity contribution in [2.24, 2.45) is 23.7 Å². The molecule has 0 aromatic heterocycles. The van der Waals surface area contributed by atoms with Gasteiger partial charge in [0.1, 0.15) is 25.0 Å². The molecule has 0 radical (unpaired) electrons. The van der Waals surface area contributed by atoms with Gasteiger partial charge in [0.25, 0.3) is 0 Å². The Morgan fingerprint density at radius 2 is 1.67 bits per heavy atom. The summed E-state index contributed by atoms with van der Waals surface area (Å²) in [6, 6.07) is 15.9. The lowest BCUT2D eigenvalue weighted by Gasteiger charge is -2.33. The van der Waals surface area contributed by atoms with Crippen molar-refractivity contribution in [1.29, 1.82) is 0 Å². The van der Waals surface area contributed by atoms with Crippen LogP contribution in [0.3, 0.4) is 0 Å². The largest absolute Gasteiger partial charge is 0.445 e. The quantitative estimate of drug-likeness (QED) is 0.326. The van der Waals surface area contributed by atoms with Gasteiger partial charge in [-0.2, -0.15) is 0 Å². The fraction of sp³-hybridized carbons (Fsp3) is 0.485. The van der Waals surface area contributed by atoms with Gasteiger partial charge in [-0.15, -0.1) is 0 Å². The Labute approximate surface area is 252 Å². The lowest BCUT2D eigenvalue weighted by Crippen LogP contribution is -2.57. The summed E-state index contributed by atoms with van der Waals surface area (Å²) in [4.78, 5) is 66.6. The van der Waals surface area contributed by atoms with Crippen LogP contribution < -0.4 is 16.0 Å². The Balaban J connectivity index is 1.54. The molecule has 10 nitrogen and oxygen atoms in total. The van der Waals surface area contributed by atoms with E-state index in [0.717, 1.165) is 11.1 Å². The van der Waals surface area contributed by atoms with Gasteiger partial charge in [0, 0.05) is 25.4 Å². The molecule has 0 unspecified atom stereocenters. The van der Waals surface area contributed by atoms with Gasteiger partial charge in [-0.05, 0) is 41.7 Å². The molecular formula is C33H42N4O6. The Morgan fingerprint density at radius 3 is 2.26 bits per heavy atom. The molecule has 2 aliphatic rings. The van der Waals surface area contributed by atoms with E-state index in [1.165, 1.54) is 0 Å². The highest BCUT2D eigenvalue weighted by atomic mass is 16.5. The Kier molecular flexibility index (Phi) is 10.9. The molecule has 2 saturated heterocycles. The van der Waals surface area contributed by atoms with Crippen LogP contribution in [0.25, 0.3) is 0 Å². The SMILES string of the molecule is CC(C)[C@@H]1[C@@H](C(=O)N[C@H](C=O)C[C@@H]2CCNC2=O)N(C(=O)[C@H](Cc2ccccc2)NC(=O)OCc2ccccc2)C[C@@H]1C. The number of nitrogens with zero attached hydrogens (tertiary/aromatic N) is 1. The second kappa shape index (κ2) is 14.8. The number of nitrogens with one attached hydrogen (secondary N) is 3. The second-order valence-corrected chi connectivity index (χ2v) is 11.9. The third-order valence-electron chi connectivity index (χ3n) is 8.44. The van der Waals surface area contributed by atoms with Crippen molar-refractivity contribution in [3.63, 3.8) is 0 Å². The van der Waals surface area contributed by atoms with Crippen molar-refractivity contribution in [3.8, 4) is 0 Å². The molecule has 43 heavy (non-hydrogen) atoms. The van der Waals surface area contributed by atoms with Gasteiger partial charge < -0.3 is 30.4 Å². The zero-order chi connectivity index (χ0) is 30.9. The van der Waals surface area contributed by atoms with Crippen LogP contribution in [0.2, 0.25) is 0 Å². The van der Waals surface area contributed by atoms with Crippen LogP contribution in [0.4, 0.5) is 4.79 Å². The zero-order valence-corrected chi connectivity index (χ0v) is 25.0. The average molecular weight is 591 g/mol. The number of ether oxygens (including phenoxy) is 1. The standard InChI is InChI=1S/C33H42N4O6/c1-21(2)28-22(3)18-37(29(28)31(40)35-26(19-38)17-25-14-15-34-30(25)39)32(41)27(16-23-10-6-4-7-11-23)36-33(42)43-20-24-12-8-5-9-13-24/h4-13,19,21-22,25-29H,14-18,20H2,1-3H3,(H,34,39)(H,35,40)(H,36,42)/t22-,25-,26-,27-,28-,29-/m0/s1. The molecule has 4 amide bonds. The summed E-state index contributed by atoms with van der Waals surface area (Å²) < 4.78 is 5.43. The van der Waals surface area contributed by atoms with Gasteiger partial charge in [-0.25, -0.2) is 4.79 Å². The first-order valence-corrected chi connectivity index (χ1v) is 15.0. The lowest BCUT2D eigenvalue weighted by molar-refractivity contribution is -0.141. The number of alkyl carbamates (subject to hydrolysis) is 1. The maximum Gasteiger partial charge on any atom is 0.408 e. The topological polar surface area (TPSA) is 134 Å². The molecule has 4 rings (SSSR count). The minimum Gasteiger partial charge on any atom is -0.445 e. The van der Waals surface area contributed by atoms with Gasteiger partial charge in [-0.3, -0.25) is 14.4 Å². The van der Waals surface area contributed by atoms with Crippen LogP contribution in [0.15, 0.2) is 60.7 Å². The van der Waals surface area contributed by atoms with Gasteiger partial charge in [0.05, 0.1) is 6.04 Å². The van der Waals surface area contributed by atoms with Crippen LogP contribution >= 0.6 is 0 Å². The molecule has 3 N–H and O–H groups in total. The number of likely N-dealkylation sites (tertiary alicyclic amines) is 1. The molecule has 10 heteroatoms. The first-order chi connectivity index (χ1) is 20.7. The predicted octanol–water partition coefficient (Wildman–Crippen LogP) is 2.85. The van der Waals surface area contributed by atoms with Crippen molar-refractivity contribution in [2.45, 2.75) is 64.8 Å². The molecule has 2 aliphatic heterocycles. The fourth-order valence-electron chi connectivity index (χ4n) is 6.38. The van der Waals surface area contributed by atoms with E-state index < -0.39 is 36.0 Å². The van der Waals surface area contributed by atoms with E-state index in [1.807, 2.05) is 81.4 Å². The van der Waals surface area contributed by atoms with Crippen molar-refractivity contribution in [2.75, 3.05) is 13.1 Å². The minimum absolute atomic E-state index is 0.00241. The van der Waals surface area contributed by atoms with Gasteiger partial charge in [0.15, 0.2) is 0 Å². The van der Waals surface area contributed by atoms with E-state index >= 15 is 0 Å². The zero-order valence-electron chi connectivity index (χ0n) is 25.0. The van der Waals surface area contributed by atoms with Crippen LogP contribution in [0.1, 0.15) is 44.7 Å². The fourth-order valence-corrected chi connectivity index (χ4v) is 6.38. The highest BCUT2D eigenvalue weighted by molar-refractivity contribution is 5.93. The molecule has 0 aliphatic carbocycles. The molecule has 2 aromatic carbocycles. The van der Waals surface area contributed by atoms with Crippen LogP contribution in [-0.2, 0) is 36.9 Å². The number of hydrogen-bond donors (Lipinski definition) is 3. The number of hydrogen-bond acceptors (Lipinski definition) is 6. The molecular weight excluding hydrogens is 548 g/mol. The molecule has 2 aromatic rings. The summed E-state index contributed by atoms with van der Waals surface area (Å²) in [5.74, 6) is -1.41. The van der Waals surface area contributed by atoms with Crippen molar-refractivity contribution < 1.29 is 28.7 Å². The monoisotopic (exact) mass is 590 g/mol. The third-order valence-corrected chi connectivity index (χ3v) is 8.44. The summed E-state index contributed by atoms with van der Waals surface area (Å²) in [7, 11) is 0. The molecule has 230 valence electrons. The van der Waals surface area contributed by atoms with E-state index in [0.29, 0.717) is 25.8 Å². The van der Waals surface area contributed by atoms with E-state index in [9.17, 15) is 24.0 Å². The maximum absolute atomic E-state index is 14.2. The molecule has 0 bridgehead atoms. The van der Waals surface area contributed by atoms with Gasteiger partial charge in [-0.1, -0.05) is 81.4 Å². The van der Waals surface area contributed by atoms with E-state index in [2.05, 4.69) is 16.0 Å². The van der Waals surface area contributed by atoms with Gasteiger partial charge >= 0.3 is 6.09 Å². The maximum atomic E-state index is 14.2. The number of carbonyl (C=O) groups excluding carboxylic acids is 5. The first kappa shape index (κ1) is 31.7. The predicted molar refractivity (Wildman–Crippen MR) is 160 cm³/mol. The number of amides is 4. The average Bonchev–Trinajstić information content (AvgIpc) is 3.58. The number of aldehydes is 1. The third kappa shape index (κ3) is 8.21. The second-order valence-electron chi connectivity index (χ2n) is 11.9. The lowest BCUT2D eigenvalue weighted by atomic mass is 9.82. The van der Waals surface area contributed by atoms with E-state index in [4.69, 9.17) is 4.74 Å². The number of benzene rings is 2. The van der Waals surface area contributed by atoms with Gasteiger partial charge in [0.2, 0.25) is 17.7 Å². The molecule has 6 atom stereocenters. The molecule has 2 heterocycles. The van der Waals surface area contributed by atoms with Crippen molar-refractivity contribution in [1.82, 2.24) is 20.9 Å². The summed E-state index contributed by atoms with van der Waals surface area (Å²) in [6.45, 7) is 6.94. The minimum atomic E-state index is -0.983. The summed E-state index contributed by atoms with van der Waals surface area (Å²) >= 11 is 0. The molecule has 2 fully saturated rings. The normalized spacial score (nSPS) is 22.9. The highest BCUT2D eigenvalue weighted by Crippen LogP contribution is 2.36. The Hall–Kier alpha value is -4.21. The smallest absolute Gasteiger partial charge is 0.408 e. The van der Waals surface area contributed by atoms with Crippen LogP contribution in [0.5, 0.6) is 0 Å².